The van der Waals surface area contributed by atoms with E-state index in [9.17, 15) is 9.59 Å². The van der Waals surface area contributed by atoms with Crippen molar-refractivity contribution in [3.63, 3.8) is 0 Å². The molecule has 1 aliphatic heterocycles. The van der Waals surface area contributed by atoms with Gasteiger partial charge in [-0.2, -0.15) is 10.1 Å². The molecule has 1 aromatic carbocycles. The van der Waals surface area contributed by atoms with Gasteiger partial charge in [-0.1, -0.05) is 23.7 Å². The number of amides is 1. The van der Waals surface area contributed by atoms with E-state index in [0.29, 0.717) is 28.8 Å². The number of anilines is 1. The number of hydrazone groups is 1. The van der Waals surface area contributed by atoms with Gasteiger partial charge >= 0.3 is 5.97 Å². The summed E-state index contributed by atoms with van der Waals surface area (Å²) in [5, 5.41) is 5.82. The lowest BCUT2D eigenvalue weighted by Gasteiger charge is -2.13. The standard InChI is InChI=1S/C16H17ClN2O4/c1-4-23-10(2)15-12(9-14(20)22-3)18-19(16(15)21)13-8-6-5-7-11(13)17/h5-8H,4,9H2,1-3H3/b15-10-. The average molecular weight is 337 g/mol. The Morgan fingerprint density at radius 3 is 2.65 bits per heavy atom. The van der Waals surface area contributed by atoms with Crippen molar-refractivity contribution in [1.82, 2.24) is 0 Å². The second-order valence-corrected chi connectivity index (χ2v) is 5.14. The summed E-state index contributed by atoms with van der Waals surface area (Å²) in [7, 11) is 1.28. The van der Waals surface area contributed by atoms with Crippen molar-refractivity contribution < 1.29 is 19.1 Å². The van der Waals surface area contributed by atoms with Crippen LogP contribution in [-0.4, -0.2) is 31.3 Å². The van der Waals surface area contributed by atoms with Gasteiger partial charge < -0.3 is 9.47 Å². The Hall–Kier alpha value is -2.34. The summed E-state index contributed by atoms with van der Waals surface area (Å²) in [5.74, 6) is -0.461. The SMILES string of the molecule is CCO/C(C)=C1\C(=O)N(c2ccccc2Cl)N=C1CC(=O)OC. The Morgan fingerprint density at radius 2 is 2.04 bits per heavy atom. The van der Waals surface area contributed by atoms with Gasteiger partial charge in [-0.3, -0.25) is 9.59 Å². The van der Waals surface area contributed by atoms with Crippen LogP contribution < -0.4 is 5.01 Å². The molecule has 6 nitrogen and oxygen atoms in total. The van der Waals surface area contributed by atoms with Crippen LogP contribution in [0.3, 0.4) is 0 Å². The van der Waals surface area contributed by atoms with E-state index in [2.05, 4.69) is 9.84 Å². The fourth-order valence-corrected chi connectivity index (χ4v) is 2.42. The number of ether oxygens (including phenoxy) is 2. The number of benzene rings is 1. The fourth-order valence-electron chi connectivity index (χ4n) is 2.21. The molecule has 0 saturated heterocycles. The summed E-state index contributed by atoms with van der Waals surface area (Å²) in [6.45, 7) is 3.88. The van der Waals surface area contributed by atoms with Crippen molar-refractivity contribution in [2.75, 3.05) is 18.7 Å². The summed E-state index contributed by atoms with van der Waals surface area (Å²) in [4.78, 5) is 24.3. The predicted molar refractivity (Wildman–Crippen MR) is 87.3 cm³/mol. The van der Waals surface area contributed by atoms with Gasteiger partial charge in [0.05, 0.1) is 36.6 Å². The molecule has 23 heavy (non-hydrogen) atoms. The number of nitrogens with zero attached hydrogens (tertiary/aromatic N) is 2. The highest BCUT2D eigenvalue weighted by Gasteiger charge is 2.35. The first-order valence-corrected chi connectivity index (χ1v) is 7.44. The van der Waals surface area contributed by atoms with Crippen LogP contribution in [0.5, 0.6) is 0 Å². The molecule has 0 bridgehead atoms. The van der Waals surface area contributed by atoms with Gasteiger partial charge in [0.2, 0.25) is 0 Å². The number of allylic oxidation sites excluding steroid dienone is 1. The van der Waals surface area contributed by atoms with E-state index in [-0.39, 0.29) is 17.9 Å². The summed E-state index contributed by atoms with van der Waals surface area (Å²) in [6.07, 6.45) is -0.122. The maximum atomic E-state index is 12.7. The molecular formula is C16H17ClN2O4. The molecule has 1 heterocycles. The number of rotatable bonds is 5. The Kier molecular flexibility index (Phi) is 5.39. The quantitative estimate of drug-likeness (QED) is 0.471. The topological polar surface area (TPSA) is 68.2 Å². The monoisotopic (exact) mass is 336 g/mol. The molecule has 0 aromatic heterocycles. The van der Waals surface area contributed by atoms with Crippen molar-refractivity contribution in [3.05, 3.63) is 40.6 Å². The molecule has 0 aliphatic carbocycles. The van der Waals surface area contributed by atoms with Gasteiger partial charge in [0.15, 0.2) is 0 Å². The van der Waals surface area contributed by atoms with Crippen LogP contribution in [0.2, 0.25) is 5.02 Å². The molecule has 1 amide bonds. The third-order valence-electron chi connectivity index (χ3n) is 3.25. The van der Waals surface area contributed by atoms with Crippen molar-refractivity contribution in [1.29, 1.82) is 0 Å². The maximum Gasteiger partial charge on any atom is 0.311 e. The van der Waals surface area contributed by atoms with Crippen LogP contribution in [0.15, 0.2) is 40.7 Å². The summed E-state index contributed by atoms with van der Waals surface area (Å²) in [6, 6.07) is 6.85. The third-order valence-corrected chi connectivity index (χ3v) is 3.57. The van der Waals surface area contributed by atoms with Gasteiger partial charge in [-0.25, -0.2) is 0 Å². The third kappa shape index (κ3) is 3.53. The smallest absolute Gasteiger partial charge is 0.311 e. The second kappa shape index (κ2) is 7.28. The largest absolute Gasteiger partial charge is 0.498 e. The lowest BCUT2D eigenvalue weighted by atomic mass is 10.1. The van der Waals surface area contributed by atoms with Crippen molar-refractivity contribution in [3.8, 4) is 0 Å². The molecule has 0 saturated carbocycles. The van der Waals surface area contributed by atoms with E-state index in [0.717, 1.165) is 0 Å². The fraction of sp³-hybridized carbons (Fsp3) is 0.312. The number of methoxy groups -OCH3 is 1. The zero-order chi connectivity index (χ0) is 17.0. The molecular weight excluding hydrogens is 320 g/mol. The molecule has 0 spiro atoms. The Labute approximate surface area is 139 Å². The minimum Gasteiger partial charge on any atom is -0.498 e. The van der Waals surface area contributed by atoms with Crippen LogP contribution in [0, 0.1) is 0 Å². The number of carbonyl (C=O) groups is 2. The summed E-state index contributed by atoms with van der Waals surface area (Å²) < 4.78 is 10.1. The van der Waals surface area contributed by atoms with Crippen molar-refractivity contribution >= 4 is 34.9 Å². The number of para-hydroxylation sites is 1. The van der Waals surface area contributed by atoms with Gasteiger partial charge in [0.25, 0.3) is 5.91 Å². The first-order chi connectivity index (χ1) is 11.0. The Bertz CT molecular complexity index is 697. The normalized spacial score (nSPS) is 16.3. The molecule has 1 aliphatic rings. The lowest BCUT2D eigenvalue weighted by molar-refractivity contribution is -0.139. The molecule has 122 valence electrons. The van der Waals surface area contributed by atoms with Gasteiger partial charge in [0, 0.05) is 0 Å². The highest BCUT2D eigenvalue weighted by atomic mass is 35.5. The van der Waals surface area contributed by atoms with Crippen LogP contribution >= 0.6 is 11.6 Å². The number of hydrogen-bond acceptors (Lipinski definition) is 5. The molecule has 1 aromatic rings. The van der Waals surface area contributed by atoms with E-state index >= 15 is 0 Å². The molecule has 0 radical (unpaired) electrons. The van der Waals surface area contributed by atoms with E-state index < -0.39 is 5.97 Å². The van der Waals surface area contributed by atoms with Gasteiger partial charge in [0.1, 0.15) is 11.3 Å². The minimum atomic E-state index is -0.487. The first-order valence-electron chi connectivity index (χ1n) is 7.06. The second-order valence-electron chi connectivity index (χ2n) is 4.73. The zero-order valence-corrected chi connectivity index (χ0v) is 13.9. The van der Waals surface area contributed by atoms with E-state index in [1.807, 2.05) is 6.92 Å². The van der Waals surface area contributed by atoms with E-state index in [1.165, 1.54) is 12.1 Å². The molecule has 2 rings (SSSR count). The van der Waals surface area contributed by atoms with Crippen LogP contribution in [0.1, 0.15) is 20.3 Å². The van der Waals surface area contributed by atoms with Crippen molar-refractivity contribution in [2.24, 2.45) is 5.10 Å². The lowest BCUT2D eigenvalue weighted by Crippen LogP contribution is -2.23. The molecule has 0 unspecified atom stereocenters. The molecule has 0 N–H and O–H groups in total. The number of hydrogen-bond donors (Lipinski definition) is 0. The summed E-state index contributed by atoms with van der Waals surface area (Å²) in [5.41, 5.74) is 1.01. The number of esters is 1. The predicted octanol–water partition coefficient (Wildman–Crippen LogP) is 2.92. The Morgan fingerprint density at radius 1 is 1.35 bits per heavy atom. The van der Waals surface area contributed by atoms with Crippen LogP contribution in [-0.2, 0) is 19.1 Å². The Balaban J connectivity index is 2.47. The first kappa shape index (κ1) is 17.0. The number of halogens is 1. The zero-order valence-electron chi connectivity index (χ0n) is 13.1. The van der Waals surface area contributed by atoms with Crippen molar-refractivity contribution in [2.45, 2.75) is 20.3 Å². The van der Waals surface area contributed by atoms with Gasteiger partial charge in [-0.15, -0.1) is 0 Å². The van der Waals surface area contributed by atoms with E-state index in [4.69, 9.17) is 16.3 Å². The summed E-state index contributed by atoms with van der Waals surface area (Å²) >= 11 is 6.14. The average Bonchev–Trinajstić information content (AvgIpc) is 2.84. The molecule has 0 fully saturated rings. The maximum absolute atomic E-state index is 12.7. The number of carbonyl (C=O) groups excluding carboxylic acids is 2. The highest BCUT2D eigenvalue weighted by Crippen LogP contribution is 2.32. The van der Waals surface area contributed by atoms with Crippen LogP contribution in [0.25, 0.3) is 0 Å². The highest BCUT2D eigenvalue weighted by molar-refractivity contribution is 6.37. The molecule has 7 heteroatoms. The van der Waals surface area contributed by atoms with E-state index in [1.54, 1.807) is 31.2 Å². The van der Waals surface area contributed by atoms with Crippen LogP contribution in [0.4, 0.5) is 5.69 Å². The molecule has 0 atom stereocenters. The van der Waals surface area contributed by atoms with Gasteiger partial charge in [-0.05, 0) is 26.0 Å². The minimum absolute atomic E-state index is 0.122.